The largest absolute Gasteiger partial charge is 0.353 e. The molecular formula is C20H27N7O. The summed E-state index contributed by atoms with van der Waals surface area (Å²) in [5, 5.41) is 3.15. The zero-order chi connectivity index (χ0) is 19.3. The molecule has 2 aliphatic heterocycles. The molecule has 148 valence electrons. The van der Waals surface area contributed by atoms with Crippen LogP contribution in [0.4, 0.5) is 11.8 Å². The van der Waals surface area contributed by atoms with Gasteiger partial charge >= 0.3 is 0 Å². The smallest absolute Gasteiger partial charge is 0.254 e. The number of piperidine rings is 2. The molecule has 0 spiro atoms. The van der Waals surface area contributed by atoms with Gasteiger partial charge in [0, 0.05) is 50.8 Å². The molecule has 2 aromatic rings. The fourth-order valence-electron chi connectivity index (χ4n) is 3.94. The molecule has 0 radical (unpaired) electrons. The molecule has 2 saturated heterocycles. The van der Waals surface area contributed by atoms with Crippen LogP contribution in [0.3, 0.4) is 0 Å². The third kappa shape index (κ3) is 4.21. The van der Waals surface area contributed by atoms with Crippen LogP contribution in [0.2, 0.25) is 0 Å². The second kappa shape index (κ2) is 8.50. The van der Waals surface area contributed by atoms with E-state index < -0.39 is 0 Å². The highest BCUT2D eigenvalue weighted by Crippen LogP contribution is 2.19. The van der Waals surface area contributed by atoms with Gasteiger partial charge in [0.1, 0.15) is 5.82 Å². The standard InChI is InChI=1S/C20H27N7O/c1-15-17(12-23-20(24-15)26-9-3-2-4-10-26)19(28)25-16-6-5-11-27(14-16)18-13-21-7-8-22-18/h7-8,12-13,16H,2-6,9-11,14H2,1H3,(H,25,28). The predicted octanol–water partition coefficient (Wildman–Crippen LogP) is 1.96. The summed E-state index contributed by atoms with van der Waals surface area (Å²) in [6, 6.07) is 0.0735. The number of nitrogens with zero attached hydrogens (tertiary/aromatic N) is 6. The highest BCUT2D eigenvalue weighted by molar-refractivity contribution is 5.95. The minimum absolute atomic E-state index is 0.0735. The quantitative estimate of drug-likeness (QED) is 0.866. The Morgan fingerprint density at radius 1 is 1.04 bits per heavy atom. The van der Waals surface area contributed by atoms with E-state index in [0.717, 1.165) is 56.5 Å². The molecule has 0 saturated carbocycles. The molecular weight excluding hydrogens is 354 g/mol. The summed E-state index contributed by atoms with van der Waals surface area (Å²) in [5.74, 6) is 1.49. The maximum absolute atomic E-state index is 12.8. The normalized spacial score (nSPS) is 20.1. The molecule has 4 rings (SSSR count). The third-order valence-electron chi connectivity index (χ3n) is 5.48. The van der Waals surface area contributed by atoms with Crippen LogP contribution in [0, 0.1) is 6.92 Å². The van der Waals surface area contributed by atoms with Crippen LogP contribution in [0.25, 0.3) is 0 Å². The Labute approximate surface area is 165 Å². The molecule has 1 amide bonds. The summed E-state index contributed by atoms with van der Waals surface area (Å²) in [7, 11) is 0. The predicted molar refractivity (Wildman–Crippen MR) is 108 cm³/mol. The van der Waals surface area contributed by atoms with E-state index in [-0.39, 0.29) is 11.9 Å². The van der Waals surface area contributed by atoms with E-state index in [4.69, 9.17) is 0 Å². The third-order valence-corrected chi connectivity index (χ3v) is 5.48. The Kier molecular flexibility index (Phi) is 5.64. The molecule has 2 aliphatic rings. The second-order valence-electron chi connectivity index (χ2n) is 7.54. The van der Waals surface area contributed by atoms with Crippen molar-refractivity contribution in [3.05, 3.63) is 36.0 Å². The van der Waals surface area contributed by atoms with Crippen molar-refractivity contribution < 1.29 is 4.79 Å². The lowest BCUT2D eigenvalue weighted by atomic mass is 10.1. The summed E-state index contributed by atoms with van der Waals surface area (Å²) in [6.07, 6.45) is 12.4. The Hall–Kier alpha value is -2.77. The molecule has 1 atom stereocenters. The first-order chi connectivity index (χ1) is 13.7. The van der Waals surface area contributed by atoms with Gasteiger partial charge in [0.2, 0.25) is 5.95 Å². The molecule has 0 aliphatic carbocycles. The number of rotatable bonds is 4. The second-order valence-corrected chi connectivity index (χ2v) is 7.54. The van der Waals surface area contributed by atoms with Gasteiger partial charge in [-0.25, -0.2) is 15.0 Å². The Morgan fingerprint density at radius 3 is 2.61 bits per heavy atom. The first kappa shape index (κ1) is 18.6. The van der Waals surface area contributed by atoms with Gasteiger partial charge in [-0.15, -0.1) is 0 Å². The summed E-state index contributed by atoms with van der Waals surface area (Å²) >= 11 is 0. The van der Waals surface area contributed by atoms with E-state index in [1.807, 2.05) is 6.92 Å². The lowest BCUT2D eigenvalue weighted by molar-refractivity contribution is 0.0931. The zero-order valence-corrected chi connectivity index (χ0v) is 16.3. The van der Waals surface area contributed by atoms with Crippen molar-refractivity contribution in [1.82, 2.24) is 25.3 Å². The van der Waals surface area contributed by atoms with Crippen LogP contribution in [0.5, 0.6) is 0 Å². The number of nitrogens with one attached hydrogen (secondary N) is 1. The number of hydrogen-bond acceptors (Lipinski definition) is 7. The lowest BCUT2D eigenvalue weighted by Crippen LogP contribution is -2.48. The van der Waals surface area contributed by atoms with Crippen LogP contribution in [0.15, 0.2) is 24.8 Å². The van der Waals surface area contributed by atoms with Crippen LogP contribution < -0.4 is 15.1 Å². The van der Waals surface area contributed by atoms with Gasteiger partial charge in [0.15, 0.2) is 0 Å². The number of carbonyl (C=O) groups is 1. The van der Waals surface area contributed by atoms with Crippen LogP contribution >= 0.6 is 0 Å². The van der Waals surface area contributed by atoms with Gasteiger partial charge < -0.3 is 15.1 Å². The number of aromatic nitrogens is 4. The van der Waals surface area contributed by atoms with Gasteiger partial charge in [0.05, 0.1) is 17.5 Å². The molecule has 0 aromatic carbocycles. The highest BCUT2D eigenvalue weighted by Gasteiger charge is 2.24. The monoisotopic (exact) mass is 381 g/mol. The SMILES string of the molecule is Cc1nc(N2CCCCC2)ncc1C(=O)NC1CCCN(c2cnccn2)C1. The van der Waals surface area contributed by atoms with E-state index in [1.165, 1.54) is 19.3 Å². The van der Waals surface area contributed by atoms with Crippen molar-refractivity contribution in [3.8, 4) is 0 Å². The maximum Gasteiger partial charge on any atom is 0.254 e. The Balaban J connectivity index is 1.40. The van der Waals surface area contributed by atoms with Crippen molar-refractivity contribution in [2.24, 2.45) is 0 Å². The molecule has 1 unspecified atom stereocenters. The average Bonchev–Trinajstić information content (AvgIpc) is 2.75. The summed E-state index contributed by atoms with van der Waals surface area (Å²) < 4.78 is 0. The van der Waals surface area contributed by atoms with Crippen LogP contribution in [0.1, 0.15) is 48.2 Å². The molecule has 28 heavy (non-hydrogen) atoms. The van der Waals surface area contributed by atoms with Gasteiger partial charge in [-0.2, -0.15) is 0 Å². The van der Waals surface area contributed by atoms with E-state index >= 15 is 0 Å². The topological polar surface area (TPSA) is 87.1 Å². The van der Waals surface area contributed by atoms with Gasteiger partial charge in [-0.1, -0.05) is 0 Å². The van der Waals surface area contributed by atoms with Crippen molar-refractivity contribution in [3.63, 3.8) is 0 Å². The average molecular weight is 381 g/mol. The Bertz CT molecular complexity index is 807. The van der Waals surface area contributed by atoms with E-state index in [0.29, 0.717) is 5.56 Å². The fraction of sp³-hybridized carbons (Fsp3) is 0.550. The number of carbonyl (C=O) groups excluding carboxylic acids is 1. The van der Waals surface area contributed by atoms with Gasteiger partial charge in [0.25, 0.3) is 5.91 Å². The van der Waals surface area contributed by atoms with Gasteiger partial charge in [-0.3, -0.25) is 9.78 Å². The maximum atomic E-state index is 12.8. The number of amides is 1. The fourth-order valence-corrected chi connectivity index (χ4v) is 3.94. The van der Waals surface area contributed by atoms with Gasteiger partial charge in [-0.05, 0) is 39.0 Å². The minimum Gasteiger partial charge on any atom is -0.353 e. The summed E-state index contributed by atoms with van der Waals surface area (Å²) in [5.41, 5.74) is 1.28. The zero-order valence-electron chi connectivity index (χ0n) is 16.3. The molecule has 1 N–H and O–H groups in total. The minimum atomic E-state index is -0.103. The van der Waals surface area contributed by atoms with Crippen molar-refractivity contribution in [2.45, 2.75) is 45.1 Å². The van der Waals surface area contributed by atoms with Crippen molar-refractivity contribution in [1.29, 1.82) is 0 Å². The first-order valence-electron chi connectivity index (χ1n) is 10.1. The van der Waals surface area contributed by atoms with Crippen molar-refractivity contribution >= 4 is 17.7 Å². The first-order valence-corrected chi connectivity index (χ1v) is 10.1. The molecule has 2 fully saturated rings. The molecule has 8 heteroatoms. The van der Waals surface area contributed by atoms with E-state index in [1.54, 1.807) is 24.8 Å². The summed E-state index contributed by atoms with van der Waals surface area (Å²) in [6.45, 7) is 5.53. The van der Waals surface area contributed by atoms with E-state index in [2.05, 4.69) is 35.1 Å². The molecule has 2 aromatic heterocycles. The number of anilines is 2. The number of aryl methyl sites for hydroxylation is 1. The van der Waals surface area contributed by atoms with Crippen LogP contribution in [-0.2, 0) is 0 Å². The van der Waals surface area contributed by atoms with Crippen molar-refractivity contribution in [2.75, 3.05) is 36.0 Å². The molecule has 0 bridgehead atoms. The van der Waals surface area contributed by atoms with Crippen LogP contribution in [-0.4, -0.2) is 58.1 Å². The summed E-state index contributed by atoms with van der Waals surface area (Å²) in [4.78, 5) is 34.8. The lowest BCUT2D eigenvalue weighted by Gasteiger charge is -2.33. The Morgan fingerprint density at radius 2 is 1.86 bits per heavy atom. The molecule has 8 nitrogen and oxygen atoms in total. The van der Waals surface area contributed by atoms with E-state index in [9.17, 15) is 4.79 Å². The highest BCUT2D eigenvalue weighted by atomic mass is 16.1. The number of hydrogen-bond donors (Lipinski definition) is 1. The molecule has 4 heterocycles.